The molecule has 3 fully saturated rings. The van der Waals surface area contributed by atoms with Crippen LogP contribution in [0.2, 0.25) is 0 Å². The molecule has 1 saturated carbocycles. The van der Waals surface area contributed by atoms with Gasteiger partial charge >= 0.3 is 0 Å². The minimum absolute atomic E-state index is 0. The number of halogens is 3. The summed E-state index contributed by atoms with van der Waals surface area (Å²) in [4.78, 5) is 28.7. The normalized spacial score (nSPS) is 21.3. The van der Waals surface area contributed by atoms with Crippen molar-refractivity contribution in [1.29, 1.82) is 0 Å². The smallest absolute Gasteiger partial charge is 0.258 e. The number of nitrogens with one attached hydrogen (secondary N) is 1. The first-order valence-electron chi connectivity index (χ1n) is 15.9. The highest BCUT2D eigenvalue weighted by Gasteiger charge is 2.46. The van der Waals surface area contributed by atoms with Gasteiger partial charge in [0.05, 0.1) is 18.0 Å². The number of anilines is 1. The van der Waals surface area contributed by atoms with E-state index in [0.717, 1.165) is 71.2 Å². The minimum atomic E-state index is -3.15. The predicted octanol–water partition coefficient (Wildman–Crippen LogP) is 5.52. The summed E-state index contributed by atoms with van der Waals surface area (Å²) >= 11 is 0. The van der Waals surface area contributed by atoms with E-state index in [1.807, 2.05) is 27.7 Å². The molecular weight excluding hydrogens is 654 g/mol. The van der Waals surface area contributed by atoms with Crippen LogP contribution in [0.25, 0.3) is 0 Å². The van der Waals surface area contributed by atoms with Crippen LogP contribution in [0, 0.1) is 17.2 Å². The van der Waals surface area contributed by atoms with Gasteiger partial charge < -0.3 is 19.4 Å². The molecule has 258 valence electrons. The van der Waals surface area contributed by atoms with E-state index in [1.54, 1.807) is 11.1 Å². The van der Waals surface area contributed by atoms with Crippen LogP contribution < -0.4 is 14.4 Å². The van der Waals surface area contributed by atoms with E-state index in [1.165, 1.54) is 30.8 Å². The maximum Gasteiger partial charge on any atom is 0.258 e. The number of hydrogen-bond donors (Lipinski definition) is 1. The lowest BCUT2D eigenvalue weighted by Gasteiger charge is -2.54. The molecule has 1 aromatic heterocycles. The molecule has 2 aliphatic heterocycles. The Morgan fingerprint density at radius 3 is 2.28 bits per heavy atom. The first-order chi connectivity index (χ1) is 20.8. The second-order valence-corrected chi connectivity index (χ2v) is 15.4. The van der Waals surface area contributed by atoms with Gasteiger partial charge in [0.25, 0.3) is 5.91 Å². The SMILES string of the molecule is CC(C)N(C(=O)c1cc(F)ccc1Oc1cncnc1N1CC2(CCN(CC3CCC(NS(C)(=O)=O)CC3)CC2)C1)C(C)C.Cl.Cl. The zero-order chi connectivity index (χ0) is 31.6. The lowest BCUT2D eigenvalue weighted by atomic mass is 9.71. The molecule has 5 rings (SSSR count). The fourth-order valence-corrected chi connectivity index (χ4v) is 8.11. The molecule has 1 aromatic carbocycles. The van der Waals surface area contributed by atoms with Gasteiger partial charge in [0.1, 0.15) is 17.9 Å². The third-order valence-corrected chi connectivity index (χ3v) is 10.2. The van der Waals surface area contributed by atoms with Crippen molar-refractivity contribution >= 4 is 46.6 Å². The Balaban J connectivity index is 0.00000288. The van der Waals surface area contributed by atoms with Crippen molar-refractivity contribution in [1.82, 2.24) is 24.5 Å². The number of nitrogens with zero attached hydrogens (tertiary/aromatic N) is 5. The molecule has 1 N–H and O–H groups in total. The number of ether oxygens (including phenoxy) is 1. The fourth-order valence-electron chi connectivity index (χ4n) is 7.27. The Morgan fingerprint density at radius 2 is 1.70 bits per heavy atom. The predicted molar refractivity (Wildman–Crippen MR) is 183 cm³/mol. The van der Waals surface area contributed by atoms with E-state index in [4.69, 9.17) is 4.74 Å². The third kappa shape index (κ3) is 9.21. The summed E-state index contributed by atoms with van der Waals surface area (Å²) in [7, 11) is -3.15. The van der Waals surface area contributed by atoms with Crippen molar-refractivity contribution in [3.8, 4) is 11.5 Å². The Morgan fingerprint density at radius 1 is 1.07 bits per heavy atom. The van der Waals surface area contributed by atoms with Crippen LogP contribution in [-0.2, 0) is 10.0 Å². The monoisotopic (exact) mass is 702 g/mol. The summed E-state index contributed by atoms with van der Waals surface area (Å²) < 4.78 is 46.5. The van der Waals surface area contributed by atoms with Crippen LogP contribution >= 0.6 is 24.8 Å². The number of likely N-dealkylation sites (tertiary alicyclic amines) is 1. The Kier molecular flexibility index (Phi) is 13.1. The maximum absolute atomic E-state index is 14.3. The summed E-state index contributed by atoms with van der Waals surface area (Å²) in [5, 5.41) is 0. The number of carbonyl (C=O) groups is 1. The number of aromatic nitrogens is 2. The average molecular weight is 704 g/mol. The zero-order valence-corrected chi connectivity index (χ0v) is 29.9. The Bertz CT molecular complexity index is 1420. The molecular formula is C32H49Cl2FN6O4S. The van der Waals surface area contributed by atoms with Crippen molar-refractivity contribution in [2.24, 2.45) is 11.3 Å². The van der Waals surface area contributed by atoms with Crippen LogP contribution in [0.5, 0.6) is 11.5 Å². The first kappa shape index (κ1) is 38.2. The fraction of sp³-hybridized carbons (Fsp3) is 0.656. The number of sulfonamides is 1. The van der Waals surface area contributed by atoms with Crippen LogP contribution in [-0.4, -0.2) is 91.2 Å². The number of carbonyl (C=O) groups excluding carboxylic acids is 1. The molecule has 3 heterocycles. The highest BCUT2D eigenvalue weighted by Crippen LogP contribution is 2.45. The Labute approximate surface area is 285 Å². The molecule has 0 atom stereocenters. The first-order valence-corrected chi connectivity index (χ1v) is 17.8. The number of piperidine rings is 1. The molecule has 1 aliphatic carbocycles. The molecule has 0 radical (unpaired) electrons. The van der Waals surface area contributed by atoms with Gasteiger partial charge in [-0.05, 0) is 103 Å². The van der Waals surface area contributed by atoms with E-state index >= 15 is 0 Å². The van der Waals surface area contributed by atoms with Crippen LogP contribution in [0.4, 0.5) is 10.2 Å². The van der Waals surface area contributed by atoms with Crippen LogP contribution in [0.3, 0.4) is 0 Å². The van der Waals surface area contributed by atoms with Crippen molar-refractivity contribution < 1.29 is 22.3 Å². The van der Waals surface area contributed by atoms with Gasteiger partial charge in [0.2, 0.25) is 10.0 Å². The highest BCUT2D eigenvalue weighted by molar-refractivity contribution is 7.88. The van der Waals surface area contributed by atoms with Crippen molar-refractivity contribution in [3.05, 3.63) is 42.1 Å². The topological polar surface area (TPSA) is 108 Å². The van der Waals surface area contributed by atoms with Gasteiger partial charge in [-0.3, -0.25) is 4.79 Å². The van der Waals surface area contributed by atoms with Crippen molar-refractivity contribution in [3.63, 3.8) is 0 Å². The maximum atomic E-state index is 14.3. The van der Waals surface area contributed by atoms with E-state index in [9.17, 15) is 17.6 Å². The zero-order valence-electron chi connectivity index (χ0n) is 27.4. The molecule has 3 aliphatic rings. The van der Waals surface area contributed by atoms with Crippen LogP contribution in [0.1, 0.15) is 76.6 Å². The lowest BCUT2D eigenvalue weighted by Crippen LogP contribution is -2.61. The number of amides is 1. The van der Waals surface area contributed by atoms with E-state index in [2.05, 4.69) is 24.5 Å². The summed E-state index contributed by atoms with van der Waals surface area (Å²) in [6, 6.07) is 4.00. The van der Waals surface area contributed by atoms with Gasteiger partial charge in [0.15, 0.2) is 11.6 Å². The molecule has 1 amide bonds. The molecule has 14 heteroatoms. The van der Waals surface area contributed by atoms with Gasteiger partial charge in [0, 0.05) is 43.2 Å². The molecule has 2 aromatic rings. The summed E-state index contributed by atoms with van der Waals surface area (Å²) in [6.07, 6.45) is 10.5. The molecule has 0 bridgehead atoms. The largest absolute Gasteiger partial charge is 0.451 e. The van der Waals surface area contributed by atoms with Gasteiger partial charge in [-0.15, -0.1) is 24.8 Å². The van der Waals surface area contributed by atoms with E-state index < -0.39 is 15.8 Å². The molecule has 0 unspecified atom stereocenters. The third-order valence-electron chi connectivity index (χ3n) is 9.41. The van der Waals surface area contributed by atoms with Crippen LogP contribution in [0.15, 0.2) is 30.7 Å². The molecule has 2 saturated heterocycles. The van der Waals surface area contributed by atoms with Crippen molar-refractivity contribution in [2.75, 3.05) is 43.9 Å². The number of hydrogen-bond acceptors (Lipinski definition) is 8. The number of benzene rings is 1. The molecule has 10 nitrogen and oxygen atoms in total. The van der Waals surface area contributed by atoms with Gasteiger partial charge in [-0.25, -0.2) is 27.5 Å². The van der Waals surface area contributed by atoms with E-state index in [0.29, 0.717) is 17.5 Å². The molecule has 46 heavy (non-hydrogen) atoms. The molecule has 1 spiro atoms. The Hall–Kier alpha value is -2.25. The average Bonchev–Trinajstić information content (AvgIpc) is 2.93. The summed E-state index contributed by atoms with van der Waals surface area (Å²) in [6.45, 7) is 12.7. The van der Waals surface area contributed by atoms with E-state index in [-0.39, 0.29) is 65.6 Å². The minimum Gasteiger partial charge on any atom is -0.451 e. The quantitative estimate of drug-likeness (QED) is 0.345. The lowest BCUT2D eigenvalue weighted by molar-refractivity contribution is 0.0618. The summed E-state index contributed by atoms with van der Waals surface area (Å²) in [5.74, 6) is 1.25. The second-order valence-electron chi connectivity index (χ2n) is 13.6. The summed E-state index contributed by atoms with van der Waals surface area (Å²) in [5.41, 5.74) is 0.414. The second kappa shape index (κ2) is 15.8. The number of rotatable bonds is 10. The standard InChI is InChI=1S/C32H47FN6O4S.2ClH/c1-22(2)39(23(3)4)31(40)27-16-25(33)8-11-28(27)43-29-17-34-21-35-30(29)38-19-32(20-38)12-14-37(15-13-32)18-24-6-9-26(10-7-24)36-44(5,41)42;;/h8,11,16-17,21-24,26,36H,6-7,9-10,12-15,18-20H2,1-5H3;2*1H. The highest BCUT2D eigenvalue weighted by atomic mass is 35.5. The van der Waals surface area contributed by atoms with Gasteiger partial charge in [-0.2, -0.15) is 0 Å². The van der Waals surface area contributed by atoms with Gasteiger partial charge in [-0.1, -0.05) is 0 Å². The van der Waals surface area contributed by atoms with Crippen molar-refractivity contribution in [2.45, 2.75) is 84.3 Å².